The zero-order valence-corrected chi connectivity index (χ0v) is 25.4. The Labute approximate surface area is 263 Å². The Morgan fingerprint density at radius 1 is 1.09 bits per heavy atom. The first-order valence-electron chi connectivity index (χ1n) is 14.6. The van der Waals surface area contributed by atoms with Gasteiger partial charge in [0.1, 0.15) is 11.8 Å². The summed E-state index contributed by atoms with van der Waals surface area (Å²) in [5, 5.41) is 27.7. The Balaban J connectivity index is 0.00000442. The van der Waals surface area contributed by atoms with Gasteiger partial charge in [0, 0.05) is 27.8 Å². The van der Waals surface area contributed by atoms with Crippen molar-refractivity contribution in [3.8, 4) is 5.75 Å². The third-order valence-corrected chi connectivity index (χ3v) is 9.77. The molecule has 4 N–H and O–H groups in total. The molecule has 0 unspecified atom stereocenters. The molecule has 1 aliphatic heterocycles. The van der Waals surface area contributed by atoms with E-state index in [2.05, 4.69) is 15.6 Å². The molecule has 0 saturated carbocycles. The fraction of sp³-hybridized carbons (Fsp3) is 0.412. The van der Waals surface area contributed by atoms with Crippen molar-refractivity contribution >= 4 is 29.5 Å². The Hall–Kier alpha value is -3.89. The number of fused-ring (bicyclic) bond motifs is 1. The van der Waals surface area contributed by atoms with E-state index in [9.17, 15) is 24.6 Å². The summed E-state index contributed by atoms with van der Waals surface area (Å²) in [7, 11) is 0. The van der Waals surface area contributed by atoms with Gasteiger partial charge in [0.2, 0.25) is 5.91 Å². The van der Waals surface area contributed by atoms with Gasteiger partial charge in [0.15, 0.2) is 6.10 Å². The quantitative estimate of drug-likeness (QED) is 0.296. The average molecular weight is 619 g/mol. The Kier molecular flexibility index (Phi) is 10.4. The number of aryl methyl sites for hydroxylation is 1. The predicted molar refractivity (Wildman–Crippen MR) is 172 cm³/mol. The lowest BCUT2D eigenvalue weighted by molar-refractivity contribution is -0.147. The minimum Gasteiger partial charge on any atom is -0.508 e. The van der Waals surface area contributed by atoms with Crippen LogP contribution in [0.1, 0.15) is 72.9 Å². The second-order valence-electron chi connectivity index (χ2n) is 11.7. The molecule has 2 heterocycles. The van der Waals surface area contributed by atoms with Gasteiger partial charge in [-0.15, -0.1) is 11.8 Å². The number of aromatic nitrogens is 1. The lowest BCUT2D eigenvalue weighted by Crippen LogP contribution is -2.59. The second kappa shape index (κ2) is 13.8. The highest BCUT2D eigenvalue weighted by Crippen LogP contribution is 2.40. The molecule has 4 atom stereocenters. The number of benzene rings is 2. The second-order valence-corrected chi connectivity index (χ2v) is 13.3. The van der Waals surface area contributed by atoms with Crippen molar-refractivity contribution < 1.29 is 24.6 Å². The van der Waals surface area contributed by atoms with E-state index < -0.39 is 34.7 Å². The summed E-state index contributed by atoms with van der Waals surface area (Å²) in [4.78, 5) is 47.1. The molecule has 10 heteroatoms. The number of hydrogen-bond acceptors (Lipinski definition) is 7. The van der Waals surface area contributed by atoms with Crippen molar-refractivity contribution in [1.29, 1.82) is 0 Å². The highest BCUT2D eigenvalue weighted by molar-refractivity contribution is 8.00. The van der Waals surface area contributed by atoms with Gasteiger partial charge < -0.3 is 25.7 Å². The van der Waals surface area contributed by atoms with Crippen LogP contribution in [0.4, 0.5) is 0 Å². The van der Waals surface area contributed by atoms with Gasteiger partial charge in [0.05, 0.1) is 18.0 Å². The number of phenols is 1. The van der Waals surface area contributed by atoms with E-state index in [1.807, 2.05) is 56.3 Å². The molecule has 3 aromatic rings. The zero-order chi connectivity index (χ0) is 30.7. The molecule has 3 amide bonds. The number of thioether (sulfide) groups is 1. The third-order valence-electron chi connectivity index (χ3n) is 8.40. The van der Waals surface area contributed by atoms with Gasteiger partial charge in [-0.2, -0.15) is 0 Å². The van der Waals surface area contributed by atoms with Gasteiger partial charge in [-0.1, -0.05) is 49.9 Å². The van der Waals surface area contributed by atoms with Crippen molar-refractivity contribution in [2.75, 3.05) is 5.88 Å². The fourth-order valence-electron chi connectivity index (χ4n) is 5.99. The van der Waals surface area contributed by atoms with Crippen molar-refractivity contribution in [3.05, 3.63) is 94.8 Å². The summed E-state index contributed by atoms with van der Waals surface area (Å²) < 4.78 is -0.608. The minimum absolute atomic E-state index is 0. The van der Waals surface area contributed by atoms with Gasteiger partial charge in [-0.3, -0.25) is 19.4 Å². The van der Waals surface area contributed by atoms with Crippen LogP contribution in [0.5, 0.6) is 5.75 Å². The number of carbonyl (C=O) groups excluding carboxylic acids is 3. The molecule has 9 nitrogen and oxygen atoms in total. The van der Waals surface area contributed by atoms with E-state index in [1.54, 1.807) is 25.3 Å². The maximum absolute atomic E-state index is 14.0. The molecular weight excluding hydrogens is 576 g/mol. The molecule has 2 aliphatic rings. The summed E-state index contributed by atoms with van der Waals surface area (Å²) >= 11 is 1.47. The minimum atomic E-state index is -1.62. The Morgan fingerprint density at radius 3 is 2.59 bits per heavy atom. The number of hydrogen-bond donors (Lipinski definition) is 4. The number of aromatic hydroxyl groups is 1. The summed E-state index contributed by atoms with van der Waals surface area (Å²) in [6.07, 6.45) is 2.87. The van der Waals surface area contributed by atoms with Crippen molar-refractivity contribution in [2.24, 2.45) is 0 Å². The largest absolute Gasteiger partial charge is 0.508 e. The van der Waals surface area contributed by atoms with Crippen LogP contribution in [-0.4, -0.2) is 66.6 Å². The number of rotatable bonds is 8. The number of nitrogens with one attached hydrogen (secondary N) is 2. The normalized spacial score (nSPS) is 20.0. The standard InChI is InChI=1S/C33H38N4O5S.CH4/c1-20-22(12-7-16-27(20)38)30(40)36-26(18-21-10-5-4-6-11-21)28(39)32(42)37-19-43-33(2,3)29(37)31(41)35-25-15-8-14-24-23(25)13-9-17-34-24;/h4-7,9-13,16-17,25-26,28-29,38-39H,8,14-15,18-19H2,1-3H3,(H,35,41)(H,36,40);1H4/t25-,26+,28+,29-;/m1./s1. The number of carbonyl (C=O) groups is 3. The molecule has 1 aliphatic carbocycles. The molecule has 1 fully saturated rings. The number of phenolic OH excluding ortho intramolecular Hbond substituents is 1. The van der Waals surface area contributed by atoms with Crippen LogP contribution in [0.15, 0.2) is 66.9 Å². The molecule has 0 spiro atoms. The zero-order valence-electron chi connectivity index (χ0n) is 24.6. The molecule has 1 saturated heterocycles. The van der Waals surface area contributed by atoms with E-state index in [0.29, 0.717) is 5.56 Å². The first-order chi connectivity index (χ1) is 20.6. The topological polar surface area (TPSA) is 132 Å². The Bertz CT molecular complexity index is 1500. The SMILES string of the molecule is C.Cc1c(O)cccc1C(=O)N[C@@H](Cc1ccccc1)[C@H](O)C(=O)N1CSC(C)(C)[C@H]1C(=O)N[C@@H]1CCCc2ncccc21. The summed E-state index contributed by atoms with van der Waals surface area (Å²) in [6, 6.07) is 15.7. The maximum atomic E-state index is 14.0. The van der Waals surface area contributed by atoms with Crippen LogP contribution >= 0.6 is 11.8 Å². The van der Waals surface area contributed by atoms with Crippen molar-refractivity contribution in [2.45, 2.75) is 82.9 Å². The molecule has 5 rings (SSSR count). The molecule has 0 bridgehead atoms. The fourth-order valence-corrected chi connectivity index (χ4v) is 7.13. The highest BCUT2D eigenvalue weighted by Gasteiger charge is 2.50. The summed E-state index contributed by atoms with van der Waals surface area (Å²) in [5.74, 6) is -1.22. The van der Waals surface area contributed by atoms with Crippen molar-refractivity contribution in [1.82, 2.24) is 20.5 Å². The smallest absolute Gasteiger partial charge is 0.254 e. The summed E-state index contributed by atoms with van der Waals surface area (Å²) in [6.45, 7) is 5.48. The van der Waals surface area contributed by atoms with E-state index in [0.717, 1.165) is 36.1 Å². The molecule has 44 heavy (non-hydrogen) atoms. The first-order valence-corrected chi connectivity index (χ1v) is 15.6. The van der Waals surface area contributed by atoms with E-state index in [-0.39, 0.29) is 43.0 Å². The molecule has 1 aromatic heterocycles. The number of amides is 3. The molecule has 234 valence electrons. The van der Waals surface area contributed by atoms with Gasteiger partial charge in [0.25, 0.3) is 11.8 Å². The third kappa shape index (κ3) is 6.92. The number of aliphatic hydroxyl groups is 1. The first kappa shape index (κ1) is 33.0. The van der Waals surface area contributed by atoms with Crippen LogP contribution in [0.2, 0.25) is 0 Å². The van der Waals surface area contributed by atoms with Crippen LogP contribution in [0.25, 0.3) is 0 Å². The van der Waals surface area contributed by atoms with Gasteiger partial charge in [-0.05, 0) is 75.8 Å². The average Bonchev–Trinajstić information content (AvgIpc) is 3.32. The van der Waals surface area contributed by atoms with E-state index >= 15 is 0 Å². The lowest BCUT2D eigenvalue weighted by atomic mass is 9.90. The lowest BCUT2D eigenvalue weighted by Gasteiger charge is -2.35. The Morgan fingerprint density at radius 2 is 1.84 bits per heavy atom. The van der Waals surface area contributed by atoms with E-state index in [4.69, 9.17) is 0 Å². The van der Waals surface area contributed by atoms with Crippen LogP contribution < -0.4 is 10.6 Å². The van der Waals surface area contributed by atoms with Crippen LogP contribution in [0.3, 0.4) is 0 Å². The van der Waals surface area contributed by atoms with Gasteiger partial charge >= 0.3 is 0 Å². The van der Waals surface area contributed by atoms with Gasteiger partial charge in [-0.25, -0.2) is 0 Å². The maximum Gasteiger partial charge on any atom is 0.254 e. The highest BCUT2D eigenvalue weighted by atomic mass is 32.2. The number of aliphatic hydroxyl groups excluding tert-OH is 1. The number of pyridine rings is 1. The number of nitrogens with zero attached hydrogens (tertiary/aromatic N) is 2. The molecule has 2 aromatic carbocycles. The molecule has 0 radical (unpaired) electrons. The summed E-state index contributed by atoms with van der Waals surface area (Å²) in [5.41, 5.74) is 3.44. The molecular formula is C34H42N4O5S. The monoisotopic (exact) mass is 618 g/mol. The van der Waals surface area contributed by atoms with Crippen LogP contribution in [0, 0.1) is 6.92 Å². The predicted octanol–water partition coefficient (Wildman–Crippen LogP) is 4.31. The van der Waals surface area contributed by atoms with Crippen LogP contribution in [-0.2, 0) is 22.4 Å². The van der Waals surface area contributed by atoms with Crippen molar-refractivity contribution in [3.63, 3.8) is 0 Å². The van der Waals surface area contributed by atoms with E-state index in [1.165, 1.54) is 22.7 Å².